The van der Waals surface area contributed by atoms with Gasteiger partial charge in [0, 0.05) is 27.6 Å². The van der Waals surface area contributed by atoms with Gasteiger partial charge in [0.15, 0.2) is 0 Å². The van der Waals surface area contributed by atoms with E-state index in [0.717, 1.165) is 0 Å². The molecule has 2 aromatic carbocycles. The number of ether oxygens (including phenoxy) is 4. The van der Waals surface area contributed by atoms with Crippen molar-refractivity contribution in [3.63, 3.8) is 0 Å². The number of rotatable bonds is 10. The third-order valence-corrected chi connectivity index (χ3v) is 8.71. The number of aliphatic hydroxyl groups excluding tert-OH is 4. The fourth-order valence-electron chi connectivity index (χ4n) is 5.59. The number of aliphatic hydroxyl groups is 4. The maximum absolute atomic E-state index is 12.9. The molecule has 5 rings (SSSR count). The molecule has 1 amide bonds. The summed E-state index contributed by atoms with van der Waals surface area (Å²) in [5.41, 5.74) is 8.55. The first-order valence-electron chi connectivity index (χ1n) is 14.8. The van der Waals surface area contributed by atoms with Gasteiger partial charge in [-0.3, -0.25) is 4.79 Å². The summed E-state index contributed by atoms with van der Waals surface area (Å²) in [5.74, 6) is -0.254. The van der Waals surface area contributed by atoms with Gasteiger partial charge in [0.2, 0.25) is 12.2 Å². The molecular formula is C31H37Cl2N3O10. The number of anilines is 1. The Morgan fingerprint density at radius 3 is 2.52 bits per heavy atom. The molecule has 0 radical (unpaired) electrons. The molecule has 3 fully saturated rings. The van der Waals surface area contributed by atoms with Gasteiger partial charge in [-0.25, -0.2) is 0 Å². The van der Waals surface area contributed by atoms with Gasteiger partial charge in [-0.1, -0.05) is 47.4 Å². The minimum Gasteiger partial charge on any atom is -0.463 e. The van der Waals surface area contributed by atoms with Crippen LogP contribution in [0.3, 0.4) is 0 Å². The zero-order valence-corrected chi connectivity index (χ0v) is 26.6. The number of nitrogens with one attached hydrogen (secondary N) is 1. The molecule has 0 bridgehead atoms. The Bertz CT molecular complexity index is 1480. The molecule has 2 aliphatic heterocycles. The van der Waals surface area contributed by atoms with E-state index in [2.05, 4.69) is 10.5 Å². The Labute approximate surface area is 275 Å². The van der Waals surface area contributed by atoms with Crippen LogP contribution in [-0.2, 0) is 30.4 Å². The van der Waals surface area contributed by atoms with Crippen molar-refractivity contribution in [2.24, 2.45) is 5.16 Å². The largest absolute Gasteiger partial charge is 0.463 e. The molecule has 2 saturated heterocycles. The summed E-state index contributed by atoms with van der Waals surface area (Å²) in [4.78, 5) is 18.4. The number of oxime groups is 1. The Hall–Kier alpha value is -2.98. The number of hydrogen-bond acceptors (Lipinski definition) is 12. The third-order valence-electron chi connectivity index (χ3n) is 8.12. The van der Waals surface area contributed by atoms with Gasteiger partial charge in [0.1, 0.15) is 55.8 Å². The van der Waals surface area contributed by atoms with Gasteiger partial charge in [-0.2, -0.15) is 0 Å². The van der Waals surface area contributed by atoms with E-state index in [1.165, 1.54) is 0 Å². The molecular weight excluding hydrogens is 645 g/mol. The number of nitrogen functional groups attached to an aromatic ring is 1. The molecule has 0 spiro atoms. The highest BCUT2D eigenvalue weighted by Crippen LogP contribution is 2.32. The summed E-state index contributed by atoms with van der Waals surface area (Å²) in [5, 5.41) is 49.8. The minimum atomic E-state index is -1.46. The molecule has 46 heavy (non-hydrogen) atoms. The Kier molecular flexibility index (Phi) is 11.1. The van der Waals surface area contributed by atoms with Gasteiger partial charge in [-0.15, -0.1) is 0 Å². The van der Waals surface area contributed by atoms with Gasteiger partial charge < -0.3 is 55.3 Å². The van der Waals surface area contributed by atoms with Gasteiger partial charge in [0.05, 0.1) is 23.5 Å². The summed E-state index contributed by atoms with van der Waals surface area (Å²) in [6, 6.07) is 8.79. The topological polar surface area (TPSA) is 195 Å². The summed E-state index contributed by atoms with van der Waals surface area (Å²) in [6.45, 7) is 3.40. The van der Waals surface area contributed by atoms with E-state index in [9.17, 15) is 25.2 Å². The predicted molar refractivity (Wildman–Crippen MR) is 168 cm³/mol. The molecule has 1 aliphatic carbocycles. The SMILES string of the molecule is CCC(=NOCc1ccc(Cl)cc1Cl)[C@H]1O[C@@H](Oc2ccc(C=C(C)C(=O)N[C@@H]3[C@H](O)[C@@H](O)[C@H]4OCO[C@H]4[C@@H]3O)cc2N)C[C@@H]1O. The predicted octanol–water partition coefficient (Wildman–Crippen LogP) is 2.14. The lowest BCUT2D eigenvalue weighted by Gasteiger charge is -2.41. The van der Waals surface area contributed by atoms with Crippen molar-refractivity contribution in [2.75, 3.05) is 12.5 Å². The molecule has 9 atom stereocenters. The number of nitrogens with two attached hydrogens (primary N) is 1. The van der Waals surface area contributed by atoms with Crippen LogP contribution in [0.5, 0.6) is 5.75 Å². The molecule has 7 N–H and O–H groups in total. The lowest BCUT2D eigenvalue weighted by molar-refractivity contribution is -0.155. The summed E-state index contributed by atoms with van der Waals surface area (Å²) < 4.78 is 22.5. The first-order chi connectivity index (χ1) is 22.0. The van der Waals surface area contributed by atoms with Crippen molar-refractivity contribution < 1.29 is 49.0 Å². The summed E-state index contributed by atoms with van der Waals surface area (Å²) in [6.07, 6.45) is -6.11. The Morgan fingerprint density at radius 2 is 1.83 bits per heavy atom. The van der Waals surface area contributed by atoms with Crippen LogP contribution in [-0.4, -0.2) is 93.9 Å². The van der Waals surface area contributed by atoms with E-state index in [1.807, 2.05) is 6.92 Å². The fourth-order valence-corrected chi connectivity index (χ4v) is 6.05. The van der Waals surface area contributed by atoms with Gasteiger partial charge >= 0.3 is 0 Å². The van der Waals surface area contributed by atoms with Crippen molar-refractivity contribution >= 4 is 46.6 Å². The third kappa shape index (κ3) is 7.59. The van der Waals surface area contributed by atoms with Crippen LogP contribution in [0, 0.1) is 0 Å². The zero-order chi connectivity index (χ0) is 33.1. The van der Waals surface area contributed by atoms with Gasteiger partial charge in [-0.05, 0) is 49.2 Å². The average Bonchev–Trinajstić information content (AvgIpc) is 3.66. The highest BCUT2D eigenvalue weighted by atomic mass is 35.5. The van der Waals surface area contributed by atoms with Crippen LogP contribution in [0.1, 0.15) is 37.8 Å². The fraction of sp³-hybridized carbons (Fsp3) is 0.484. The molecule has 2 aromatic rings. The maximum Gasteiger partial charge on any atom is 0.247 e. The Morgan fingerprint density at radius 1 is 1.09 bits per heavy atom. The van der Waals surface area contributed by atoms with E-state index in [4.69, 9.17) is 52.7 Å². The lowest BCUT2D eigenvalue weighted by atomic mass is 9.83. The second kappa shape index (κ2) is 14.8. The maximum atomic E-state index is 12.9. The van der Waals surface area contributed by atoms with Crippen molar-refractivity contribution in [3.05, 3.63) is 63.1 Å². The highest BCUT2D eigenvalue weighted by molar-refractivity contribution is 6.35. The molecule has 15 heteroatoms. The quantitative estimate of drug-likeness (QED) is 0.0931. The second-order valence-electron chi connectivity index (χ2n) is 11.3. The second-order valence-corrected chi connectivity index (χ2v) is 12.2. The van der Waals surface area contributed by atoms with E-state index < -0.39 is 61.0 Å². The van der Waals surface area contributed by atoms with Crippen LogP contribution in [0.15, 0.2) is 47.1 Å². The average molecular weight is 683 g/mol. The first-order valence-corrected chi connectivity index (χ1v) is 15.5. The molecule has 13 nitrogen and oxygen atoms in total. The van der Waals surface area contributed by atoms with Crippen LogP contribution in [0.25, 0.3) is 6.08 Å². The molecule has 1 saturated carbocycles. The molecule has 0 aromatic heterocycles. The summed E-state index contributed by atoms with van der Waals surface area (Å²) >= 11 is 12.1. The molecule has 0 unspecified atom stereocenters. The number of carbonyl (C=O) groups is 1. The van der Waals surface area contributed by atoms with Gasteiger partial charge in [0.25, 0.3) is 0 Å². The number of benzene rings is 2. The van der Waals surface area contributed by atoms with Crippen LogP contribution >= 0.6 is 23.2 Å². The molecule has 250 valence electrons. The highest BCUT2D eigenvalue weighted by Gasteiger charge is 2.53. The number of fused-ring (bicyclic) bond motifs is 1. The Balaban J connectivity index is 1.17. The minimum absolute atomic E-state index is 0.111. The number of halogens is 2. The van der Waals surface area contributed by atoms with Crippen LogP contribution in [0.4, 0.5) is 5.69 Å². The van der Waals surface area contributed by atoms with Crippen molar-refractivity contribution in [3.8, 4) is 5.75 Å². The molecule has 2 heterocycles. The van der Waals surface area contributed by atoms with E-state index >= 15 is 0 Å². The number of carbonyl (C=O) groups excluding carboxylic acids is 1. The van der Waals surface area contributed by atoms with E-state index in [-0.39, 0.29) is 31.1 Å². The number of nitrogens with zero attached hydrogens (tertiary/aromatic N) is 1. The zero-order valence-electron chi connectivity index (χ0n) is 25.1. The number of amides is 1. The normalized spacial score (nSPS) is 31.4. The molecule has 3 aliphatic rings. The number of hydrogen-bond donors (Lipinski definition) is 6. The first kappa shape index (κ1) is 34.4. The van der Waals surface area contributed by atoms with Crippen LogP contribution in [0.2, 0.25) is 10.0 Å². The monoisotopic (exact) mass is 681 g/mol. The standard InChI is InChI=1S/C31H37Cl2N3O10/c1-3-20(36-44-12-16-5-6-17(32)10-18(16)33)28-21(37)11-23(46-28)45-22-7-4-15(9-19(22)34)8-14(2)31(41)35-24-25(38)27(40)30-29(26(24)39)42-13-43-30/h4-10,21,23-30,37-40H,3,11-13,34H2,1-2H3,(H,35,41)/t21-,23+,24+,25-,26+,27+,28+,29-,30+/m0/s1. The van der Waals surface area contributed by atoms with Crippen molar-refractivity contribution in [2.45, 2.75) is 88.4 Å². The van der Waals surface area contributed by atoms with E-state index in [1.54, 1.807) is 49.4 Å². The summed E-state index contributed by atoms with van der Waals surface area (Å²) in [7, 11) is 0. The van der Waals surface area contributed by atoms with Crippen molar-refractivity contribution in [1.29, 1.82) is 0 Å². The van der Waals surface area contributed by atoms with E-state index in [0.29, 0.717) is 39.1 Å². The van der Waals surface area contributed by atoms with Crippen LogP contribution < -0.4 is 15.8 Å². The lowest BCUT2D eigenvalue weighted by Crippen LogP contribution is -2.67. The smallest absolute Gasteiger partial charge is 0.247 e. The van der Waals surface area contributed by atoms with Crippen molar-refractivity contribution in [1.82, 2.24) is 5.32 Å².